The van der Waals surface area contributed by atoms with E-state index < -0.39 is 23.8 Å². The van der Waals surface area contributed by atoms with Gasteiger partial charge in [-0.2, -0.15) is 0 Å². The highest BCUT2D eigenvalue weighted by Crippen LogP contribution is 2.30. The zero-order valence-electron chi connectivity index (χ0n) is 10.9. The number of hydrogen-bond donors (Lipinski definition) is 1. The summed E-state index contributed by atoms with van der Waals surface area (Å²) in [6, 6.07) is 4.99. The van der Waals surface area contributed by atoms with Crippen molar-refractivity contribution in [3.05, 3.63) is 35.9 Å². The van der Waals surface area contributed by atoms with Gasteiger partial charge in [0.1, 0.15) is 23.2 Å². The Bertz CT molecular complexity index is 486. The van der Waals surface area contributed by atoms with E-state index in [-0.39, 0.29) is 10.8 Å². The first-order valence-electron chi connectivity index (χ1n) is 5.58. The molecule has 0 radical (unpaired) electrons. The summed E-state index contributed by atoms with van der Waals surface area (Å²) >= 11 is 5.60. The van der Waals surface area contributed by atoms with Gasteiger partial charge in [0.25, 0.3) is 0 Å². The van der Waals surface area contributed by atoms with Crippen molar-refractivity contribution < 1.29 is 27.8 Å². The number of hydrogen-bond acceptors (Lipinski definition) is 3. The van der Waals surface area contributed by atoms with Crippen LogP contribution >= 0.6 is 11.6 Å². The maximum atomic E-state index is 12.1. The third-order valence-electron chi connectivity index (χ3n) is 2.38. The third kappa shape index (κ3) is 4.94. The molecule has 0 saturated heterocycles. The predicted molar refractivity (Wildman–Crippen MR) is 68.8 cm³/mol. The summed E-state index contributed by atoms with van der Waals surface area (Å²) in [5.41, 5.74) is -1.16. The maximum Gasteiger partial charge on any atom is 0.573 e. The van der Waals surface area contributed by atoms with E-state index in [0.29, 0.717) is 0 Å². The van der Waals surface area contributed by atoms with E-state index in [1.807, 2.05) is 0 Å². The van der Waals surface area contributed by atoms with Gasteiger partial charge in [0.2, 0.25) is 0 Å². The fraction of sp³-hybridized carbons (Fsp3) is 0.385. The quantitative estimate of drug-likeness (QED) is 0.897. The second-order valence-electron chi connectivity index (χ2n) is 4.58. The number of ether oxygens (including phenoxy) is 2. The summed E-state index contributed by atoms with van der Waals surface area (Å²) in [5, 5.41) is 9.77. The lowest BCUT2D eigenvalue weighted by atomic mass is 10.0. The highest BCUT2D eigenvalue weighted by Gasteiger charge is 2.33. The smallest absolute Gasteiger partial charge is 0.485 e. The average Bonchev–Trinajstić information content (AvgIpc) is 2.25. The van der Waals surface area contributed by atoms with Gasteiger partial charge >= 0.3 is 6.36 Å². The van der Waals surface area contributed by atoms with Gasteiger partial charge in [-0.05, 0) is 26.0 Å². The van der Waals surface area contributed by atoms with Crippen LogP contribution in [0.15, 0.2) is 35.9 Å². The highest BCUT2D eigenvalue weighted by molar-refractivity contribution is 6.29. The summed E-state index contributed by atoms with van der Waals surface area (Å²) in [6.07, 6.45) is -5.96. The lowest BCUT2D eigenvalue weighted by Crippen LogP contribution is -2.42. The predicted octanol–water partition coefficient (Wildman–Crippen LogP) is 3.86. The van der Waals surface area contributed by atoms with E-state index in [1.165, 1.54) is 26.0 Å². The fourth-order valence-corrected chi connectivity index (χ4v) is 1.73. The van der Waals surface area contributed by atoms with Crippen LogP contribution < -0.4 is 9.47 Å². The lowest BCUT2D eigenvalue weighted by molar-refractivity contribution is -0.274. The first-order valence-corrected chi connectivity index (χ1v) is 5.96. The molecule has 0 bridgehead atoms. The Morgan fingerprint density at radius 2 is 1.75 bits per heavy atom. The Morgan fingerprint density at radius 1 is 1.25 bits per heavy atom. The minimum Gasteiger partial charge on any atom is -0.485 e. The molecule has 0 amide bonds. The molecule has 1 aromatic rings. The van der Waals surface area contributed by atoms with Crippen molar-refractivity contribution in [1.82, 2.24) is 0 Å². The number of aliphatic hydroxyl groups excluding tert-OH is 1. The third-order valence-corrected chi connectivity index (χ3v) is 2.58. The molecular formula is C13H14ClF3O3. The van der Waals surface area contributed by atoms with Crippen LogP contribution in [0.25, 0.3) is 0 Å². The van der Waals surface area contributed by atoms with Gasteiger partial charge in [0.05, 0.1) is 0 Å². The Labute approximate surface area is 119 Å². The molecule has 20 heavy (non-hydrogen) atoms. The Morgan fingerprint density at radius 3 is 2.20 bits per heavy atom. The molecule has 0 fully saturated rings. The highest BCUT2D eigenvalue weighted by atomic mass is 35.5. The minimum atomic E-state index is -4.78. The summed E-state index contributed by atoms with van der Waals surface area (Å²) in [6.45, 7) is 6.45. The summed E-state index contributed by atoms with van der Waals surface area (Å²) in [4.78, 5) is 0. The van der Waals surface area contributed by atoms with Crippen molar-refractivity contribution in [2.45, 2.75) is 31.9 Å². The number of rotatable bonds is 5. The van der Waals surface area contributed by atoms with Crippen LogP contribution in [-0.4, -0.2) is 23.2 Å². The molecule has 3 nitrogen and oxygen atoms in total. The topological polar surface area (TPSA) is 38.7 Å². The van der Waals surface area contributed by atoms with Gasteiger partial charge < -0.3 is 14.6 Å². The molecule has 0 spiro atoms. The first-order chi connectivity index (χ1) is 9.01. The Kier molecular flexibility index (Phi) is 4.94. The second kappa shape index (κ2) is 5.93. The Hall–Kier alpha value is -1.40. The zero-order valence-corrected chi connectivity index (χ0v) is 11.6. The van der Waals surface area contributed by atoms with E-state index in [4.69, 9.17) is 16.3 Å². The van der Waals surface area contributed by atoms with Crippen molar-refractivity contribution in [3.8, 4) is 11.5 Å². The minimum absolute atomic E-state index is 0.0299. The van der Waals surface area contributed by atoms with Crippen LogP contribution in [0.4, 0.5) is 13.2 Å². The molecule has 1 rings (SSSR count). The van der Waals surface area contributed by atoms with Crippen molar-refractivity contribution >= 4 is 11.6 Å². The summed E-state index contributed by atoms with van der Waals surface area (Å²) < 4.78 is 45.6. The molecule has 0 aliphatic rings. The van der Waals surface area contributed by atoms with Crippen LogP contribution in [0.2, 0.25) is 0 Å². The van der Waals surface area contributed by atoms with E-state index in [0.717, 1.165) is 12.1 Å². The van der Waals surface area contributed by atoms with Gasteiger partial charge in [0.15, 0.2) is 0 Å². The van der Waals surface area contributed by atoms with Crippen LogP contribution in [0.1, 0.15) is 13.8 Å². The van der Waals surface area contributed by atoms with Gasteiger partial charge in [0, 0.05) is 11.1 Å². The second-order valence-corrected chi connectivity index (χ2v) is 5.06. The molecule has 112 valence electrons. The molecule has 7 heteroatoms. The summed E-state index contributed by atoms with van der Waals surface area (Å²) in [7, 11) is 0. The van der Waals surface area contributed by atoms with E-state index in [2.05, 4.69) is 11.3 Å². The van der Waals surface area contributed by atoms with Crippen molar-refractivity contribution in [2.24, 2.45) is 0 Å². The van der Waals surface area contributed by atoms with Gasteiger partial charge in [-0.1, -0.05) is 24.2 Å². The molecule has 0 aromatic heterocycles. The van der Waals surface area contributed by atoms with E-state index in [1.54, 1.807) is 0 Å². The van der Waals surface area contributed by atoms with E-state index in [9.17, 15) is 18.3 Å². The zero-order chi connectivity index (χ0) is 15.6. The van der Waals surface area contributed by atoms with Gasteiger partial charge in [-0.15, -0.1) is 13.2 Å². The fourth-order valence-electron chi connectivity index (χ4n) is 1.47. The van der Waals surface area contributed by atoms with Gasteiger partial charge in [-0.3, -0.25) is 0 Å². The molecule has 1 unspecified atom stereocenters. The molecule has 1 aromatic carbocycles. The number of aliphatic hydroxyl groups is 1. The number of benzene rings is 1. The normalized spacial score (nSPS) is 13.8. The van der Waals surface area contributed by atoms with E-state index >= 15 is 0 Å². The van der Waals surface area contributed by atoms with Crippen molar-refractivity contribution in [1.29, 1.82) is 0 Å². The molecular weight excluding hydrogens is 297 g/mol. The Balaban J connectivity index is 2.88. The standard InChI is InChI=1S/C13H14ClF3O3/c1-8(14)11(18)12(2,3)19-9-5-4-6-10(7-9)20-13(15,16)17/h4-7,11,18H,1H2,2-3H3. The van der Waals surface area contributed by atoms with Crippen molar-refractivity contribution in [2.75, 3.05) is 0 Å². The SMILES string of the molecule is C=C(Cl)C(O)C(C)(C)Oc1cccc(OC(F)(F)F)c1. The summed E-state index contributed by atoms with van der Waals surface area (Å²) in [5.74, 6) is -0.307. The van der Waals surface area contributed by atoms with Crippen LogP contribution in [-0.2, 0) is 0 Å². The van der Waals surface area contributed by atoms with Crippen LogP contribution in [0.3, 0.4) is 0 Å². The molecule has 1 N–H and O–H groups in total. The van der Waals surface area contributed by atoms with Crippen molar-refractivity contribution in [3.63, 3.8) is 0 Å². The molecule has 0 aliphatic carbocycles. The number of alkyl halides is 3. The van der Waals surface area contributed by atoms with Gasteiger partial charge in [-0.25, -0.2) is 0 Å². The molecule has 0 saturated carbocycles. The molecule has 1 atom stereocenters. The molecule has 0 heterocycles. The first kappa shape index (κ1) is 16.7. The van der Waals surface area contributed by atoms with Crippen LogP contribution in [0.5, 0.6) is 11.5 Å². The molecule has 0 aliphatic heterocycles. The lowest BCUT2D eigenvalue weighted by Gasteiger charge is -2.31. The monoisotopic (exact) mass is 310 g/mol. The van der Waals surface area contributed by atoms with Crippen LogP contribution in [0, 0.1) is 0 Å². The average molecular weight is 311 g/mol. The number of halogens is 4. The maximum absolute atomic E-state index is 12.1. The largest absolute Gasteiger partial charge is 0.573 e.